The van der Waals surface area contributed by atoms with Crippen molar-refractivity contribution in [3.63, 3.8) is 0 Å². The van der Waals surface area contributed by atoms with Crippen LogP contribution in [-0.2, 0) is 65.4 Å². The molecule has 0 radical (unpaired) electrons. The monoisotopic (exact) mass is 1520 g/mol. The van der Waals surface area contributed by atoms with Crippen molar-refractivity contribution in [2.24, 2.45) is 11.8 Å². The lowest BCUT2D eigenvalue weighted by molar-refractivity contribution is -0.161. The summed E-state index contributed by atoms with van der Waals surface area (Å²) in [4.78, 5) is 73.2. The van der Waals surface area contributed by atoms with Crippen molar-refractivity contribution in [1.29, 1.82) is 0 Å². The first-order valence-corrected chi connectivity index (χ1v) is 47.0. The van der Waals surface area contributed by atoms with E-state index in [-0.39, 0.29) is 25.7 Å². The van der Waals surface area contributed by atoms with Crippen molar-refractivity contribution in [1.82, 2.24) is 0 Å². The van der Waals surface area contributed by atoms with Gasteiger partial charge in [-0.15, -0.1) is 0 Å². The molecule has 0 aliphatic carbocycles. The number of carbonyl (C=O) groups excluding carboxylic acids is 4. The Morgan fingerprint density at radius 2 is 0.490 bits per heavy atom. The highest BCUT2D eigenvalue weighted by atomic mass is 31.2. The van der Waals surface area contributed by atoms with Crippen LogP contribution in [0.25, 0.3) is 0 Å². The summed E-state index contributed by atoms with van der Waals surface area (Å²) in [6.07, 6.45) is 68.0. The van der Waals surface area contributed by atoms with Gasteiger partial charge in [0.2, 0.25) is 0 Å². The molecule has 0 fully saturated rings. The number of hydrogen-bond donors (Lipinski definition) is 3. The molecule has 0 heterocycles. The molecular weight excluding hydrogens is 1350 g/mol. The Bertz CT molecular complexity index is 2000. The van der Waals surface area contributed by atoms with E-state index in [4.69, 9.17) is 37.0 Å². The normalized spacial score (nSPS) is 14.1. The van der Waals surface area contributed by atoms with E-state index in [1.165, 1.54) is 270 Å². The zero-order valence-electron chi connectivity index (χ0n) is 68.3. The highest BCUT2D eigenvalue weighted by Gasteiger charge is 2.30. The van der Waals surface area contributed by atoms with Crippen molar-refractivity contribution < 1.29 is 80.2 Å². The third-order valence-electron chi connectivity index (χ3n) is 20.3. The van der Waals surface area contributed by atoms with Crippen LogP contribution in [0.2, 0.25) is 0 Å². The first-order chi connectivity index (χ1) is 50.4. The molecule has 0 saturated carbocycles. The molecule has 0 aromatic heterocycles. The lowest BCUT2D eigenvalue weighted by Crippen LogP contribution is -2.30. The SMILES string of the molecule is CCCCCCCCCCCCCCCCCCCCCC(=O)OC[C@H](COP(=O)(O)OC[C@@H](O)COP(=O)(O)OC[C@@H](COC(=O)CCCCCCCCCCCC(C)C)OC(=O)CCCCCCCCCCCCC(C)CC)OC(=O)CCCCCCCCCCCCCCCCCCCCC. The maximum Gasteiger partial charge on any atom is 0.472 e. The molecule has 3 unspecified atom stereocenters. The van der Waals surface area contributed by atoms with Gasteiger partial charge >= 0.3 is 39.5 Å². The molecule has 19 heteroatoms. The molecule has 0 rings (SSSR count). The van der Waals surface area contributed by atoms with Gasteiger partial charge < -0.3 is 33.8 Å². The minimum Gasteiger partial charge on any atom is -0.462 e. The summed E-state index contributed by atoms with van der Waals surface area (Å²) in [6.45, 7) is 9.67. The number of unbranched alkanes of at least 4 members (excludes halogenated alkanes) is 53. The summed E-state index contributed by atoms with van der Waals surface area (Å²) in [7, 11) is -9.93. The molecule has 3 N–H and O–H groups in total. The number of phosphoric ester groups is 2. The Balaban J connectivity index is 5.25. The smallest absolute Gasteiger partial charge is 0.462 e. The second kappa shape index (κ2) is 76.4. The fourth-order valence-electron chi connectivity index (χ4n) is 13.2. The van der Waals surface area contributed by atoms with E-state index in [9.17, 15) is 43.2 Å². The van der Waals surface area contributed by atoms with Crippen molar-refractivity contribution in [2.45, 2.75) is 471 Å². The Kier molecular flexibility index (Phi) is 75.0. The van der Waals surface area contributed by atoms with Gasteiger partial charge in [0.1, 0.15) is 19.3 Å². The third-order valence-corrected chi connectivity index (χ3v) is 22.2. The minimum atomic E-state index is -4.97. The predicted molar refractivity (Wildman–Crippen MR) is 428 cm³/mol. The standard InChI is InChI=1S/C85H166O17P2/c1-7-10-12-14-16-18-20-22-24-26-28-30-32-34-36-43-49-55-61-67-82(87)95-73-80(101-84(89)69-63-57-51-44-37-35-33-31-29-27-25-23-21-19-17-15-13-11-8-2)75-99-103(91,92)97-71-79(86)72-98-104(93,94)100-76-81(74-96-83(88)68-62-56-50-46-40-41-47-53-59-65-77(4)5)102-85(90)70-64-58-52-45-39-38-42-48-54-60-66-78(6)9-3/h77-81,86H,7-76H2,1-6H3,(H,91,92)(H,93,94)/t78?,79-,80-,81-/m1/s1. The molecule has 0 amide bonds. The quantitative estimate of drug-likeness (QED) is 0.0222. The van der Waals surface area contributed by atoms with Gasteiger partial charge in [-0.05, 0) is 37.5 Å². The van der Waals surface area contributed by atoms with E-state index in [2.05, 4.69) is 41.5 Å². The van der Waals surface area contributed by atoms with Gasteiger partial charge in [0.05, 0.1) is 26.4 Å². The molecule has 0 aromatic rings. The topological polar surface area (TPSA) is 237 Å². The molecule has 0 aliphatic heterocycles. The summed E-state index contributed by atoms with van der Waals surface area (Å²) in [5, 5.41) is 10.7. The van der Waals surface area contributed by atoms with Crippen molar-refractivity contribution in [3.8, 4) is 0 Å². The molecule has 618 valence electrons. The molecule has 0 aliphatic rings. The lowest BCUT2D eigenvalue weighted by atomic mass is 9.99. The number of hydrogen-bond acceptors (Lipinski definition) is 15. The van der Waals surface area contributed by atoms with Crippen molar-refractivity contribution in [2.75, 3.05) is 39.6 Å². The van der Waals surface area contributed by atoms with Crippen molar-refractivity contribution in [3.05, 3.63) is 0 Å². The van der Waals surface area contributed by atoms with Crippen LogP contribution in [0.4, 0.5) is 0 Å². The van der Waals surface area contributed by atoms with E-state index in [0.29, 0.717) is 25.7 Å². The first-order valence-electron chi connectivity index (χ1n) is 44.0. The number of aliphatic hydroxyl groups excluding tert-OH is 1. The number of phosphoric acid groups is 2. The molecule has 104 heavy (non-hydrogen) atoms. The molecule has 17 nitrogen and oxygen atoms in total. The van der Waals surface area contributed by atoms with E-state index in [1.807, 2.05) is 0 Å². The summed E-state index contributed by atoms with van der Waals surface area (Å²) < 4.78 is 68.9. The number of esters is 4. The molecule has 0 saturated heterocycles. The maximum absolute atomic E-state index is 13.1. The van der Waals surface area contributed by atoms with Gasteiger partial charge in [0, 0.05) is 25.7 Å². The largest absolute Gasteiger partial charge is 0.472 e. The van der Waals surface area contributed by atoms with E-state index < -0.39 is 97.5 Å². The first kappa shape index (κ1) is 102. The molecule has 0 bridgehead atoms. The van der Waals surface area contributed by atoms with Crippen LogP contribution < -0.4 is 0 Å². The summed E-state index contributed by atoms with van der Waals surface area (Å²) in [6, 6.07) is 0. The summed E-state index contributed by atoms with van der Waals surface area (Å²) >= 11 is 0. The van der Waals surface area contributed by atoms with Crippen molar-refractivity contribution >= 4 is 39.5 Å². The van der Waals surface area contributed by atoms with Crippen LogP contribution in [0.1, 0.15) is 452 Å². The average molecular weight is 1520 g/mol. The Labute approximate surface area is 638 Å². The van der Waals surface area contributed by atoms with E-state index in [0.717, 1.165) is 102 Å². The lowest BCUT2D eigenvalue weighted by Gasteiger charge is -2.21. The van der Waals surface area contributed by atoms with Gasteiger partial charge in [-0.1, -0.05) is 401 Å². The van der Waals surface area contributed by atoms with Gasteiger partial charge in [0.25, 0.3) is 0 Å². The van der Waals surface area contributed by atoms with Gasteiger partial charge in [-0.3, -0.25) is 37.3 Å². The van der Waals surface area contributed by atoms with E-state index >= 15 is 0 Å². The van der Waals surface area contributed by atoms with Gasteiger partial charge in [0.15, 0.2) is 12.2 Å². The second-order valence-corrected chi connectivity index (χ2v) is 34.2. The maximum atomic E-state index is 13.1. The summed E-state index contributed by atoms with van der Waals surface area (Å²) in [5.41, 5.74) is 0. The van der Waals surface area contributed by atoms with Gasteiger partial charge in [-0.25, -0.2) is 9.13 Å². The molecule has 6 atom stereocenters. The third kappa shape index (κ3) is 76.8. The van der Waals surface area contributed by atoms with Crippen LogP contribution in [0.3, 0.4) is 0 Å². The highest BCUT2D eigenvalue weighted by molar-refractivity contribution is 7.47. The zero-order chi connectivity index (χ0) is 76.4. The Morgan fingerprint density at radius 3 is 0.731 bits per heavy atom. The molecule has 0 spiro atoms. The number of aliphatic hydroxyl groups is 1. The minimum absolute atomic E-state index is 0.106. The van der Waals surface area contributed by atoms with Crippen LogP contribution in [0, 0.1) is 11.8 Å². The van der Waals surface area contributed by atoms with Crippen LogP contribution in [0.15, 0.2) is 0 Å². The Hall–Kier alpha value is -1.94. The molecule has 0 aromatic carbocycles. The number of rotatable bonds is 84. The molecular formula is C85H166O17P2. The highest BCUT2D eigenvalue weighted by Crippen LogP contribution is 2.45. The van der Waals surface area contributed by atoms with Crippen LogP contribution in [0.5, 0.6) is 0 Å². The fraction of sp³-hybridized carbons (Fsp3) is 0.953. The van der Waals surface area contributed by atoms with Gasteiger partial charge in [-0.2, -0.15) is 0 Å². The van der Waals surface area contributed by atoms with Crippen LogP contribution in [-0.4, -0.2) is 96.7 Å². The van der Waals surface area contributed by atoms with E-state index in [1.54, 1.807) is 0 Å². The second-order valence-electron chi connectivity index (χ2n) is 31.3. The zero-order valence-corrected chi connectivity index (χ0v) is 70.1. The Morgan fingerprint density at radius 1 is 0.279 bits per heavy atom. The average Bonchev–Trinajstić information content (AvgIpc) is 0.917. The fourth-order valence-corrected chi connectivity index (χ4v) is 14.8. The van der Waals surface area contributed by atoms with Crippen LogP contribution >= 0.6 is 15.6 Å². The number of carbonyl (C=O) groups is 4. The summed E-state index contributed by atoms with van der Waals surface area (Å²) in [5.74, 6) is -0.557. The number of ether oxygens (including phenoxy) is 4. The predicted octanol–water partition coefficient (Wildman–Crippen LogP) is 25.8.